The van der Waals surface area contributed by atoms with Crippen LogP contribution in [-0.2, 0) is 17.6 Å². The van der Waals surface area contributed by atoms with Gasteiger partial charge in [0.1, 0.15) is 0 Å². The highest BCUT2D eigenvalue weighted by atomic mass is 16.3. The second-order valence-electron chi connectivity index (χ2n) is 6.09. The maximum absolute atomic E-state index is 12.8. The minimum atomic E-state index is -0.151. The number of anilines is 1. The molecule has 2 aliphatic rings. The second kappa shape index (κ2) is 5.19. The molecular weight excluding hydrogens is 252 g/mol. The van der Waals surface area contributed by atoms with Crippen LogP contribution in [0.4, 0.5) is 5.69 Å². The zero-order valence-electron chi connectivity index (χ0n) is 12.1. The smallest absolute Gasteiger partial charge is 0.244 e. The van der Waals surface area contributed by atoms with Gasteiger partial charge in [-0.3, -0.25) is 4.79 Å². The van der Waals surface area contributed by atoms with Gasteiger partial charge in [-0.25, -0.2) is 0 Å². The molecule has 0 fully saturated rings. The highest BCUT2D eigenvalue weighted by molar-refractivity contribution is 6.01. The predicted molar refractivity (Wildman–Crippen MR) is 78.9 cm³/mol. The van der Waals surface area contributed by atoms with Crippen molar-refractivity contribution in [1.29, 1.82) is 0 Å². The number of nitrogens with zero attached hydrogens (tertiary/aromatic N) is 1. The Hall–Kier alpha value is -1.39. The first-order chi connectivity index (χ1) is 9.61. The fraction of sp³-hybridized carbons (Fsp3) is 0.562. The molecule has 20 heavy (non-hydrogen) atoms. The summed E-state index contributed by atoms with van der Waals surface area (Å²) in [4.78, 5) is 14.7. The predicted octanol–water partition coefficient (Wildman–Crippen LogP) is 1.25. The van der Waals surface area contributed by atoms with Gasteiger partial charge in [0, 0.05) is 6.04 Å². The lowest BCUT2D eigenvalue weighted by Crippen LogP contribution is -2.51. The van der Waals surface area contributed by atoms with Crippen molar-refractivity contribution in [3.05, 3.63) is 29.3 Å². The third kappa shape index (κ3) is 2.13. The molecule has 3 rings (SSSR count). The van der Waals surface area contributed by atoms with Crippen LogP contribution in [0.2, 0.25) is 0 Å². The van der Waals surface area contributed by atoms with E-state index in [1.54, 1.807) is 0 Å². The van der Waals surface area contributed by atoms with Gasteiger partial charge in [-0.15, -0.1) is 0 Å². The molecule has 0 radical (unpaired) electrons. The number of nitrogens with one attached hydrogen (secondary N) is 1. The lowest BCUT2D eigenvalue weighted by Gasteiger charge is -2.28. The van der Waals surface area contributed by atoms with Crippen molar-refractivity contribution < 1.29 is 9.90 Å². The third-order valence-electron chi connectivity index (χ3n) is 4.25. The molecule has 0 bridgehead atoms. The van der Waals surface area contributed by atoms with Crippen LogP contribution in [0.15, 0.2) is 18.2 Å². The number of rotatable bonds is 3. The Labute approximate surface area is 119 Å². The number of aliphatic hydroxyl groups excluding tert-OH is 1. The SMILES string of the molecule is CC(C)N[C@@H]1CCc2cccc3c2N(C1=O)[C@@H](CO)C3. The van der Waals surface area contributed by atoms with E-state index in [0.717, 1.165) is 24.9 Å². The van der Waals surface area contributed by atoms with E-state index in [4.69, 9.17) is 0 Å². The number of carbonyl (C=O) groups is 1. The molecule has 0 saturated carbocycles. The summed E-state index contributed by atoms with van der Waals surface area (Å²) in [6, 6.07) is 6.27. The van der Waals surface area contributed by atoms with Crippen LogP contribution in [0.3, 0.4) is 0 Å². The number of para-hydroxylation sites is 1. The van der Waals surface area contributed by atoms with E-state index in [1.165, 1.54) is 11.1 Å². The zero-order valence-corrected chi connectivity index (χ0v) is 12.1. The Bertz CT molecular complexity index is 527. The van der Waals surface area contributed by atoms with Crippen molar-refractivity contribution in [1.82, 2.24) is 5.32 Å². The molecule has 0 aromatic heterocycles. The first-order valence-corrected chi connectivity index (χ1v) is 7.42. The maximum atomic E-state index is 12.8. The van der Waals surface area contributed by atoms with Crippen molar-refractivity contribution in [2.24, 2.45) is 0 Å². The lowest BCUT2D eigenvalue weighted by molar-refractivity contribution is -0.121. The molecule has 2 N–H and O–H groups in total. The molecule has 2 aliphatic heterocycles. The molecule has 1 aromatic rings. The van der Waals surface area contributed by atoms with Crippen molar-refractivity contribution in [3.8, 4) is 0 Å². The summed E-state index contributed by atoms with van der Waals surface area (Å²) < 4.78 is 0. The average Bonchev–Trinajstić information content (AvgIpc) is 2.74. The minimum Gasteiger partial charge on any atom is -0.394 e. The molecule has 1 amide bonds. The summed E-state index contributed by atoms with van der Waals surface area (Å²) in [5.41, 5.74) is 3.49. The maximum Gasteiger partial charge on any atom is 0.244 e. The minimum absolute atomic E-state index is 0.0221. The summed E-state index contributed by atoms with van der Waals surface area (Å²) in [5.74, 6) is 0.112. The molecule has 4 nitrogen and oxygen atoms in total. The normalized spacial score (nSPS) is 25.0. The Morgan fingerprint density at radius 2 is 2.15 bits per heavy atom. The first-order valence-electron chi connectivity index (χ1n) is 7.42. The fourth-order valence-electron chi connectivity index (χ4n) is 3.43. The van der Waals surface area contributed by atoms with Gasteiger partial charge >= 0.3 is 0 Å². The van der Waals surface area contributed by atoms with Gasteiger partial charge in [0.05, 0.1) is 24.4 Å². The van der Waals surface area contributed by atoms with Gasteiger partial charge in [-0.05, 0) is 30.4 Å². The Morgan fingerprint density at radius 3 is 2.85 bits per heavy atom. The van der Waals surface area contributed by atoms with Crippen LogP contribution in [0.1, 0.15) is 31.4 Å². The molecule has 0 aliphatic carbocycles. The van der Waals surface area contributed by atoms with Crippen LogP contribution in [0.25, 0.3) is 0 Å². The van der Waals surface area contributed by atoms with Gasteiger partial charge in [0.25, 0.3) is 0 Å². The number of carbonyl (C=O) groups excluding carboxylic acids is 1. The molecule has 108 valence electrons. The molecule has 0 spiro atoms. The summed E-state index contributed by atoms with van der Waals surface area (Å²) in [7, 11) is 0. The van der Waals surface area contributed by atoms with E-state index in [-0.39, 0.29) is 30.6 Å². The van der Waals surface area contributed by atoms with Crippen LogP contribution in [0, 0.1) is 0 Å². The van der Waals surface area contributed by atoms with E-state index >= 15 is 0 Å². The molecule has 4 heteroatoms. The lowest BCUT2D eigenvalue weighted by atomic mass is 10.0. The fourth-order valence-corrected chi connectivity index (χ4v) is 3.43. The number of aryl methyl sites for hydroxylation is 1. The van der Waals surface area contributed by atoms with Gasteiger partial charge in [0.15, 0.2) is 0 Å². The quantitative estimate of drug-likeness (QED) is 0.872. The second-order valence-corrected chi connectivity index (χ2v) is 6.09. The van der Waals surface area contributed by atoms with Crippen molar-refractivity contribution in [3.63, 3.8) is 0 Å². The van der Waals surface area contributed by atoms with Crippen LogP contribution in [-0.4, -0.2) is 35.7 Å². The largest absolute Gasteiger partial charge is 0.394 e. The van der Waals surface area contributed by atoms with Gasteiger partial charge < -0.3 is 15.3 Å². The molecule has 1 aromatic carbocycles. The zero-order chi connectivity index (χ0) is 14.3. The highest BCUT2D eigenvalue weighted by Gasteiger charge is 2.40. The third-order valence-corrected chi connectivity index (χ3v) is 4.25. The molecule has 0 unspecified atom stereocenters. The Morgan fingerprint density at radius 1 is 1.40 bits per heavy atom. The van der Waals surface area contributed by atoms with E-state index in [2.05, 4.69) is 37.4 Å². The van der Waals surface area contributed by atoms with Gasteiger partial charge in [0.2, 0.25) is 5.91 Å². The van der Waals surface area contributed by atoms with Crippen LogP contribution < -0.4 is 10.2 Å². The number of aliphatic hydroxyl groups is 1. The van der Waals surface area contributed by atoms with Crippen molar-refractivity contribution in [2.45, 2.75) is 51.2 Å². The van der Waals surface area contributed by atoms with Crippen LogP contribution in [0.5, 0.6) is 0 Å². The monoisotopic (exact) mass is 274 g/mol. The van der Waals surface area contributed by atoms with Gasteiger partial charge in [-0.2, -0.15) is 0 Å². The van der Waals surface area contributed by atoms with Crippen molar-refractivity contribution >= 4 is 11.6 Å². The Balaban J connectivity index is 2.01. The van der Waals surface area contributed by atoms with E-state index < -0.39 is 0 Å². The first kappa shape index (κ1) is 13.6. The number of hydrogen-bond donors (Lipinski definition) is 2. The van der Waals surface area contributed by atoms with E-state index in [1.807, 2.05) is 4.90 Å². The van der Waals surface area contributed by atoms with E-state index in [9.17, 15) is 9.90 Å². The van der Waals surface area contributed by atoms with Crippen LogP contribution >= 0.6 is 0 Å². The van der Waals surface area contributed by atoms with Crippen molar-refractivity contribution in [2.75, 3.05) is 11.5 Å². The van der Waals surface area contributed by atoms with E-state index in [0.29, 0.717) is 0 Å². The summed E-state index contributed by atoms with van der Waals surface area (Å²) in [6.45, 7) is 4.14. The Kier molecular flexibility index (Phi) is 3.52. The summed E-state index contributed by atoms with van der Waals surface area (Å²) in [5, 5.41) is 13.0. The molecule has 0 saturated heterocycles. The highest BCUT2D eigenvalue weighted by Crippen LogP contribution is 2.38. The van der Waals surface area contributed by atoms with Gasteiger partial charge in [-0.1, -0.05) is 32.0 Å². The molecule has 2 heterocycles. The average molecular weight is 274 g/mol. The topological polar surface area (TPSA) is 52.6 Å². The number of hydrogen-bond acceptors (Lipinski definition) is 3. The summed E-state index contributed by atoms with van der Waals surface area (Å²) >= 11 is 0. The molecular formula is C16H22N2O2. The summed E-state index contributed by atoms with van der Waals surface area (Å²) in [6.07, 6.45) is 2.50. The number of benzene rings is 1. The standard InChI is InChI=1S/C16H22N2O2/c1-10(2)17-14-7-6-11-4-3-5-12-8-13(9-19)18(15(11)12)16(14)20/h3-5,10,13-14,17,19H,6-9H2,1-2H3/t13-,14-/m1/s1. The number of amides is 1. The molecule has 2 atom stereocenters.